The van der Waals surface area contributed by atoms with E-state index in [4.69, 9.17) is 0 Å². The molecular weight excluding hydrogens is 158 g/mol. The second-order valence-electron chi connectivity index (χ2n) is 2.71. The molecule has 62 valence electrons. The highest BCUT2D eigenvalue weighted by Gasteiger charge is 2.21. The van der Waals surface area contributed by atoms with Crippen molar-refractivity contribution in [3.63, 3.8) is 0 Å². The molecule has 2 nitrogen and oxygen atoms in total. The quantitative estimate of drug-likeness (QED) is 0.691. The maximum Gasteiger partial charge on any atom is 0.212 e. The Morgan fingerprint density at radius 1 is 1.73 bits per heavy atom. The molecule has 3 heteroatoms. The number of hydrogen-bond acceptors (Lipinski definition) is 3. The second kappa shape index (κ2) is 3.93. The van der Waals surface area contributed by atoms with Crippen LogP contribution in [0.4, 0.5) is 0 Å². The molecule has 0 aromatic carbocycles. The normalized spacial score (nSPS) is 24.0. The van der Waals surface area contributed by atoms with Crippen LogP contribution < -0.4 is 5.32 Å². The molecule has 0 amide bonds. The fourth-order valence-corrected chi connectivity index (χ4v) is 2.13. The summed E-state index contributed by atoms with van der Waals surface area (Å²) in [6.45, 7) is 3.01. The lowest BCUT2D eigenvalue weighted by molar-refractivity contribution is -0.106. The number of rotatable bonds is 3. The van der Waals surface area contributed by atoms with Gasteiger partial charge in [-0.15, -0.1) is 0 Å². The summed E-state index contributed by atoms with van der Waals surface area (Å²) in [5, 5.41) is 3.72. The molecule has 1 heterocycles. The third-order valence-corrected chi connectivity index (χ3v) is 3.01. The first-order valence-electron chi connectivity index (χ1n) is 3.77. The van der Waals surface area contributed by atoms with Crippen LogP contribution in [0, 0.1) is 0 Å². The molecule has 1 aliphatic heterocycles. The zero-order chi connectivity index (χ0) is 8.27. The van der Waals surface area contributed by atoms with Crippen molar-refractivity contribution in [3.05, 3.63) is 11.6 Å². The molecule has 0 saturated carbocycles. The largest absolute Gasteiger partial charge is 0.320 e. The van der Waals surface area contributed by atoms with Crippen LogP contribution in [0.5, 0.6) is 0 Å². The highest BCUT2D eigenvalue weighted by molar-refractivity contribution is 8.15. The first-order chi connectivity index (χ1) is 5.24. The average molecular weight is 171 g/mol. The van der Waals surface area contributed by atoms with Gasteiger partial charge in [-0.1, -0.05) is 17.3 Å². The van der Waals surface area contributed by atoms with E-state index in [9.17, 15) is 4.79 Å². The van der Waals surface area contributed by atoms with Gasteiger partial charge in [-0.3, -0.25) is 4.79 Å². The second-order valence-corrected chi connectivity index (χ2v) is 3.91. The third kappa shape index (κ3) is 2.34. The van der Waals surface area contributed by atoms with E-state index in [0.29, 0.717) is 5.25 Å². The van der Waals surface area contributed by atoms with Gasteiger partial charge in [0.15, 0.2) is 0 Å². The molecule has 1 unspecified atom stereocenters. The first kappa shape index (κ1) is 8.81. The van der Waals surface area contributed by atoms with Crippen molar-refractivity contribution in [2.75, 3.05) is 13.6 Å². The van der Waals surface area contributed by atoms with E-state index < -0.39 is 0 Å². The summed E-state index contributed by atoms with van der Waals surface area (Å²) in [7, 11) is 1.93. The van der Waals surface area contributed by atoms with Crippen molar-refractivity contribution in [1.82, 2.24) is 5.32 Å². The molecule has 1 N–H and O–H groups in total. The Morgan fingerprint density at radius 3 is 2.91 bits per heavy atom. The van der Waals surface area contributed by atoms with Crippen LogP contribution in [0.2, 0.25) is 0 Å². The minimum absolute atomic E-state index is 0.212. The molecule has 0 aliphatic carbocycles. The van der Waals surface area contributed by atoms with Gasteiger partial charge in [-0.05, 0) is 33.0 Å². The predicted octanol–water partition coefficient (Wildman–Crippen LogP) is 1.18. The maximum absolute atomic E-state index is 10.9. The number of nitrogens with one attached hydrogen (secondary N) is 1. The van der Waals surface area contributed by atoms with Crippen molar-refractivity contribution in [3.8, 4) is 0 Å². The van der Waals surface area contributed by atoms with E-state index in [2.05, 4.69) is 5.32 Å². The van der Waals surface area contributed by atoms with Crippen molar-refractivity contribution in [2.45, 2.75) is 18.6 Å². The van der Waals surface area contributed by atoms with E-state index in [-0.39, 0.29) is 5.12 Å². The van der Waals surface area contributed by atoms with Crippen LogP contribution in [0.3, 0.4) is 0 Å². The van der Waals surface area contributed by atoms with Crippen LogP contribution in [0.25, 0.3) is 0 Å². The molecular formula is C8H13NOS. The summed E-state index contributed by atoms with van der Waals surface area (Å²) in [5.41, 5.74) is 1.22. The Bertz CT molecular complexity index is 189. The Balaban J connectivity index is 2.38. The molecule has 1 aliphatic rings. The van der Waals surface area contributed by atoms with E-state index in [1.807, 2.05) is 14.0 Å². The van der Waals surface area contributed by atoms with E-state index in [0.717, 1.165) is 13.0 Å². The highest BCUT2D eigenvalue weighted by Crippen LogP contribution is 2.29. The zero-order valence-electron chi connectivity index (χ0n) is 6.89. The lowest BCUT2D eigenvalue weighted by atomic mass is 10.1. The Morgan fingerprint density at radius 2 is 2.45 bits per heavy atom. The lowest BCUT2D eigenvalue weighted by Gasteiger charge is -2.08. The molecule has 0 aromatic rings. The molecule has 0 fully saturated rings. The average Bonchev–Trinajstić information content (AvgIpc) is 2.26. The van der Waals surface area contributed by atoms with E-state index in [1.54, 1.807) is 6.08 Å². The van der Waals surface area contributed by atoms with Crippen molar-refractivity contribution in [1.29, 1.82) is 0 Å². The zero-order valence-corrected chi connectivity index (χ0v) is 7.70. The fourth-order valence-electron chi connectivity index (χ4n) is 1.11. The lowest BCUT2D eigenvalue weighted by Crippen LogP contribution is -2.14. The van der Waals surface area contributed by atoms with Gasteiger partial charge in [0.1, 0.15) is 0 Å². The molecule has 0 saturated heterocycles. The van der Waals surface area contributed by atoms with Gasteiger partial charge in [-0.25, -0.2) is 0 Å². The summed E-state index contributed by atoms with van der Waals surface area (Å²) in [6.07, 6.45) is 2.79. The van der Waals surface area contributed by atoms with Gasteiger partial charge in [0, 0.05) is 5.25 Å². The van der Waals surface area contributed by atoms with Gasteiger partial charge in [0.25, 0.3) is 0 Å². The van der Waals surface area contributed by atoms with Crippen molar-refractivity contribution < 1.29 is 4.79 Å². The summed E-state index contributed by atoms with van der Waals surface area (Å²) in [5.74, 6) is 0. The molecule has 0 bridgehead atoms. The first-order valence-corrected chi connectivity index (χ1v) is 4.65. The van der Waals surface area contributed by atoms with E-state index in [1.165, 1.54) is 17.3 Å². The van der Waals surface area contributed by atoms with Crippen molar-refractivity contribution in [2.24, 2.45) is 0 Å². The fraction of sp³-hybridized carbons (Fsp3) is 0.625. The van der Waals surface area contributed by atoms with Crippen LogP contribution >= 0.6 is 11.8 Å². The third-order valence-electron chi connectivity index (χ3n) is 1.77. The molecule has 1 atom stereocenters. The summed E-state index contributed by atoms with van der Waals surface area (Å²) < 4.78 is 0. The molecule has 0 spiro atoms. The van der Waals surface area contributed by atoms with E-state index >= 15 is 0 Å². The minimum atomic E-state index is 0.212. The maximum atomic E-state index is 10.9. The monoisotopic (exact) mass is 171 g/mol. The molecule has 0 radical (unpaired) electrons. The Kier molecular flexibility index (Phi) is 3.15. The van der Waals surface area contributed by atoms with Crippen LogP contribution in [0.15, 0.2) is 11.6 Å². The topological polar surface area (TPSA) is 29.1 Å². The summed E-state index contributed by atoms with van der Waals surface area (Å²) in [4.78, 5) is 10.9. The SMILES string of the molecule is CNCCC1SC(=O)C=C1C. The predicted molar refractivity (Wildman–Crippen MR) is 48.7 cm³/mol. The van der Waals surface area contributed by atoms with Gasteiger partial charge in [-0.2, -0.15) is 0 Å². The number of thioether (sulfide) groups is 1. The number of carbonyl (C=O) groups excluding carboxylic acids is 1. The van der Waals surface area contributed by atoms with Crippen molar-refractivity contribution >= 4 is 16.9 Å². The Hall–Kier alpha value is -0.280. The summed E-state index contributed by atoms with van der Waals surface area (Å²) in [6, 6.07) is 0. The minimum Gasteiger partial charge on any atom is -0.320 e. The molecule has 0 aromatic heterocycles. The summed E-state index contributed by atoms with van der Waals surface area (Å²) >= 11 is 1.44. The van der Waals surface area contributed by atoms with Gasteiger partial charge >= 0.3 is 0 Å². The smallest absolute Gasteiger partial charge is 0.212 e. The molecule has 1 rings (SSSR count). The van der Waals surface area contributed by atoms with Gasteiger partial charge in [0.2, 0.25) is 5.12 Å². The standard InChI is InChI=1S/C8H13NOS/c1-6-5-8(10)11-7(6)3-4-9-2/h5,7,9H,3-4H2,1-2H3. The Labute approximate surface area is 71.4 Å². The highest BCUT2D eigenvalue weighted by atomic mass is 32.2. The van der Waals surface area contributed by atoms with Crippen LogP contribution in [0.1, 0.15) is 13.3 Å². The van der Waals surface area contributed by atoms with Gasteiger partial charge in [0.05, 0.1) is 0 Å². The number of carbonyl (C=O) groups is 1. The van der Waals surface area contributed by atoms with Gasteiger partial charge < -0.3 is 5.32 Å². The van der Waals surface area contributed by atoms with Crippen LogP contribution in [-0.4, -0.2) is 24.0 Å². The molecule has 11 heavy (non-hydrogen) atoms. The van der Waals surface area contributed by atoms with Crippen LogP contribution in [-0.2, 0) is 4.79 Å². The number of hydrogen-bond donors (Lipinski definition) is 1.